The van der Waals surface area contributed by atoms with Crippen LogP contribution in [0, 0.1) is 0 Å². The van der Waals surface area contributed by atoms with Gasteiger partial charge < -0.3 is 16.3 Å². The summed E-state index contributed by atoms with van der Waals surface area (Å²) in [4.78, 5) is 0. The fraction of sp³-hybridized carbons (Fsp3) is 0.125. The highest BCUT2D eigenvalue weighted by Gasteiger charge is 2.07. The number of oxime groups is 1. The summed E-state index contributed by atoms with van der Waals surface area (Å²) >= 11 is 17.5. The number of hydrogen-bond acceptors (Lipinski definition) is 3. The van der Waals surface area contributed by atoms with Crippen LogP contribution in [0.1, 0.15) is 0 Å². The number of anilines is 1. The molecule has 0 aliphatic carbocycles. The third-order valence-corrected chi connectivity index (χ3v) is 2.40. The third kappa shape index (κ3) is 3.34. The third-order valence-electron chi connectivity index (χ3n) is 1.58. The predicted molar refractivity (Wildman–Crippen MR) is 63.4 cm³/mol. The standard InChI is InChI=1S/C8H8Cl3N3O/c9-4-1-5(10)8(6(11)2-4)13-3-7(12)14-15/h1-2,13,15H,3H2,(H2,12,14). The van der Waals surface area contributed by atoms with Crippen LogP contribution in [-0.2, 0) is 0 Å². The first kappa shape index (κ1) is 12.2. The largest absolute Gasteiger partial charge is 0.409 e. The van der Waals surface area contributed by atoms with Gasteiger partial charge in [-0.2, -0.15) is 0 Å². The lowest BCUT2D eigenvalue weighted by molar-refractivity contribution is 0.317. The minimum Gasteiger partial charge on any atom is -0.409 e. The molecule has 1 aromatic carbocycles. The minimum absolute atomic E-state index is 0.0251. The highest BCUT2D eigenvalue weighted by Crippen LogP contribution is 2.33. The van der Waals surface area contributed by atoms with Crippen molar-refractivity contribution in [3.8, 4) is 0 Å². The van der Waals surface area contributed by atoms with E-state index >= 15 is 0 Å². The molecular weight excluding hydrogens is 260 g/mol. The van der Waals surface area contributed by atoms with E-state index in [0.29, 0.717) is 20.8 Å². The van der Waals surface area contributed by atoms with Gasteiger partial charge in [-0.25, -0.2) is 0 Å². The van der Waals surface area contributed by atoms with E-state index in [-0.39, 0.29) is 12.4 Å². The lowest BCUT2D eigenvalue weighted by atomic mass is 10.3. The molecular formula is C8H8Cl3N3O. The molecule has 0 aliphatic rings. The smallest absolute Gasteiger partial charge is 0.158 e. The second-order valence-corrected chi connectivity index (χ2v) is 3.94. The number of benzene rings is 1. The molecule has 0 saturated carbocycles. The summed E-state index contributed by atoms with van der Waals surface area (Å²) in [5.74, 6) is 0.0251. The van der Waals surface area contributed by atoms with E-state index < -0.39 is 0 Å². The van der Waals surface area contributed by atoms with Crippen LogP contribution in [0.25, 0.3) is 0 Å². The maximum absolute atomic E-state index is 8.33. The van der Waals surface area contributed by atoms with E-state index in [1.807, 2.05) is 0 Å². The van der Waals surface area contributed by atoms with Crippen molar-refractivity contribution in [1.29, 1.82) is 0 Å². The normalized spacial score (nSPS) is 11.5. The Morgan fingerprint density at radius 3 is 2.33 bits per heavy atom. The van der Waals surface area contributed by atoms with Gasteiger partial charge in [-0.05, 0) is 12.1 Å². The Balaban J connectivity index is 2.86. The molecule has 0 unspecified atom stereocenters. The Morgan fingerprint density at radius 1 is 1.33 bits per heavy atom. The van der Waals surface area contributed by atoms with Crippen molar-refractivity contribution >= 4 is 46.3 Å². The van der Waals surface area contributed by atoms with E-state index in [9.17, 15) is 0 Å². The summed E-state index contributed by atoms with van der Waals surface area (Å²) in [7, 11) is 0. The zero-order valence-electron chi connectivity index (χ0n) is 7.47. The molecule has 4 nitrogen and oxygen atoms in total. The molecule has 1 rings (SSSR count). The van der Waals surface area contributed by atoms with Crippen LogP contribution in [0.5, 0.6) is 0 Å². The fourth-order valence-electron chi connectivity index (χ4n) is 0.925. The maximum atomic E-state index is 8.33. The second kappa shape index (κ2) is 5.30. The van der Waals surface area contributed by atoms with Crippen LogP contribution < -0.4 is 11.1 Å². The molecule has 0 atom stereocenters. The average Bonchev–Trinajstić information content (AvgIpc) is 2.15. The van der Waals surface area contributed by atoms with Crippen molar-refractivity contribution in [1.82, 2.24) is 0 Å². The van der Waals surface area contributed by atoms with Gasteiger partial charge in [0.1, 0.15) is 0 Å². The van der Waals surface area contributed by atoms with Crippen molar-refractivity contribution in [2.45, 2.75) is 0 Å². The van der Waals surface area contributed by atoms with Gasteiger partial charge in [0.05, 0.1) is 22.3 Å². The first-order valence-corrected chi connectivity index (χ1v) is 5.02. The quantitative estimate of drug-likeness (QED) is 0.342. The van der Waals surface area contributed by atoms with Crippen LogP contribution >= 0.6 is 34.8 Å². The van der Waals surface area contributed by atoms with E-state index in [2.05, 4.69) is 10.5 Å². The number of rotatable bonds is 3. The van der Waals surface area contributed by atoms with Crippen LogP contribution in [-0.4, -0.2) is 17.6 Å². The van der Waals surface area contributed by atoms with Crippen molar-refractivity contribution in [3.63, 3.8) is 0 Å². The molecule has 0 fully saturated rings. The molecule has 0 aliphatic heterocycles. The number of amidine groups is 1. The topological polar surface area (TPSA) is 70.6 Å². The van der Waals surface area contributed by atoms with Crippen LogP contribution in [0.2, 0.25) is 15.1 Å². The molecule has 0 amide bonds. The Bertz CT molecular complexity index is 372. The van der Waals surface area contributed by atoms with Crippen molar-refractivity contribution in [2.75, 3.05) is 11.9 Å². The van der Waals surface area contributed by atoms with Gasteiger partial charge in [-0.15, -0.1) is 0 Å². The molecule has 0 aromatic heterocycles. The lowest BCUT2D eigenvalue weighted by Crippen LogP contribution is -2.22. The SMILES string of the molecule is NC(CNc1c(Cl)cc(Cl)cc1Cl)=NO. The highest BCUT2D eigenvalue weighted by molar-refractivity contribution is 6.41. The summed E-state index contributed by atoms with van der Waals surface area (Å²) in [5, 5.41) is 15.1. The molecule has 82 valence electrons. The van der Waals surface area contributed by atoms with Crippen molar-refractivity contribution in [2.24, 2.45) is 10.9 Å². The molecule has 7 heteroatoms. The average molecular weight is 269 g/mol. The van der Waals surface area contributed by atoms with Gasteiger partial charge >= 0.3 is 0 Å². The second-order valence-electron chi connectivity index (χ2n) is 2.69. The molecule has 0 saturated heterocycles. The van der Waals surface area contributed by atoms with Gasteiger partial charge in [-0.1, -0.05) is 40.0 Å². The summed E-state index contributed by atoms with van der Waals surface area (Å²) in [6.07, 6.45) is 0. The summed E-state index contributed by atoms with van der Waals surface area (Å²) in [5.41, 5.74) is 5.77. The lowest BCUT2D eigenvalue weighted by Gasteiger charge is -2.09. The summed E-state index contributed by atoms with van der Waals surface area (Å²) in [6.45, 7) is 0.136. The van der Waals surface area contributed by atoms with Gasteiger partial charge in [-0.3, -0.25) is 0 Å². The molecule has 0 spiro atoms. The Labute approximate surface area is 102 Å². The van der Waals surface area contributed by atoms with E-state index in [1.165, 1.54) is 0 Å². The van der Waals surface area contributed by atoms with Gasteiger partial charge in [0.15, 0.2) is 5.84 Å². The van der Waals surface area contributed by atoms with Crippen LogP contribution in [0.4, 0.5) is 5.69 Å². The number of nitrogens with two attached hydrogens (primary N) is 1. The fourth-order valence-corrected chi connectivity index (χ4v) is 1.88. The van der Waals surface area contributed by atoms with E-state index in [4.69, 9.17) is 45.7 Å². The molecule has 1 aromatic rings. The first-order chi connectivity index (χ1) is 7.04. The molecule has 0 radical (unpaired) electrons. The predicted octanol–water partition coefficient (Wildman–Crippen LogP) is 2.81. The molecule has 0 bridgehead atoms. The maximum Gasteiger partial charge on any atom is 0.158 e. The van der Waals surface area contributed by atoms with Crippen LogP contribution in [0.3, 0.4) is 0 Å². The molecule has 0 heterocycles. The van der Waals surface area contributed by atoms with Gasteiger partial charge in [0, 0.05) is 5.02 Å². The minimum atomic E-state index is 0.0251. The molecule has 4 N–H and O–H groups in total. The van der Waals surface area contributed by atoms with E-state index in [0.717, 1.165) is 0 Å². The zero-order chi connectivity index (χ0) is 11.4. The van der Waals surface area contributed by atoms with Crippen molar-refractivity contribution < 1.29 is 5.21 Å². The monoisotopic (exact) mass is 267 g/mol. The highest BCUT2D eigenvalue weighted by atomic mass is 35.5. The number of halogens is 3. The zero-order valence-corrected chi connectivity index (χ0v) is 9.74. The van der Waals surface area contributed by atoms with Gasteiger partial charge in [0.25, 0.3) is 0 Å². The number of hydrogen-bond donors (Lipinski definition) is 3. The number of nitrogens with one attached hydrogen (secondary N) is 1. The summed E-state index contributed by atoms with van der Waals surface area (Å²) in [6, 6.07) is 3.09. The van der Waals surface area contributed by atoms with Crippen LogP contribution in [0.15, 0.2) is 17.3 Å². The molecule has 15 heavy (non-hydrogen) atoms. The van der Waals surface area contributed by atoms with E-state index in [1.54, 1.807) is 12.1 Å². The Hall–Kier alpha value is -0.840. The van der Waals surface area contributed by atoms with Gasteiger partial charge in [0.2, 0.25) is 0 Å². The Morgan fingerprint density at radius 2 is 1.87 bits per heavy atom. The summed E-state index contributed by atoms with van der Waals surface area (Å²) < 4.78 is 0. The number of nitrogens with zero attached hydrogens (tertiary/aromatic N) is 1. The first-order valence-electron chi connectivity index (χ1n) is 3.89. The Kier molecular flexibility index (Phi) is 4.32. The van der Waals surface area contributed by atoms with Crippen molar-refractivity contribution in [3.05, 3.63) is 27.2 Å².